The summed E-state index contributed by atoms with van der Waals surface area (Å²) in [4.78, 5) is 29.8. The molecule has 2 aromatic rings. The second kappa shape index (κ2) is 5.95. The van der Waals surface area contributed by atoms with Gasteiger partial charge in [-0.2, -0.15) is 0 Å². The van der Waals surface area contributed by atoms with Gasteiger partial charge >= 0.3 is 11.7 Å². The molecule has 0 unspecified atom stereocenters. The van der Waals surface area contributed by atoms with Crippen LogP contribution in [0.5, 0.6) is 0 Å². The van der Waals surface area contributed by atoms with E-state index in [-0.39, 0.29) is 17.2 Å². The Morgan fingerprint density at radius 3 is 2.76 bits per heavy atom. The number of rotatable bonds is 4. The normalized spacial score (nSPS) is 10.0. The third-order valence-electron chi connectivity index (χ3n) is 2.76. The zero-order valence-corrected chi connectivity index (χ0v) is 11.4. The maximum Gasteiger partial charge on any atom is 0.356 e. The third-order valence-corrected chi connectivity index (χ3v) is 2.76. The summed E-state index contributed by atoms with van der Waals surface area (Å²) in [6, 6.07) is 4.19. The smallest absolute Gasteiger partial charge is 0.356 e. The van der Waals surface area contributed by atoms with E-state index in [1.807, 2.05) is 6.92 Å². The third kappa shape index (κ3) is 3.11. The minimum atomic E-state index is -0.671. The van der Waals surface area contributed by atoms with Crippen molar-refractivity contribution < 1.29 is 14.5 Å². The largest absolute Gasteiger partial charge is 0.464 e. The van der Waals surface area contributed by atoms with Crippen molar-refractivity contribution in [2.75, 3.05) is 12.4 Å². The van der Waals surface area contributed by atoms with E-state index in [4.69, 9.17) is 0 Å². The van der Waals surface area contributed by atoms with Crippen molar-refractivity contribution in [2.24, 2.45) is 0 Å². The molecule has 108 valence electrons. The molecular formula is C13H12N4O4. The molecular weight excluding hydrogens is 276 g/mol. The number of aromatic nitrogens is 2. The Morgan fingerprint density at radius 2 is 2.14 bits per heavy atom. The number of methoxy groups -OCH3 is 1. The second-order valence-electron chi connectivity index (χ2n) is 4.13. The quantitative estimate of drug-likeness (QED) is 0.522. The van der Waals surface area contributed by atoms with Crippen LogP contribution < -0.4 is 5.32 Å². The van der Waals surface area contributed by atoms with E-state index in [9.17, 15) is 14.9 Å². The fraction of sp³-hybridized carbons (Fsp3) is 0.154. The molecule has 0 saturated carbocycles. The van der Waals surface area contributed by atoms with E-state index < -0.39 is 10.9 Å². The summed E-state index contributed by atoms with van der Waals surface area (Å²) in [6.07, 6.45) is 3.12. The Hall–Kier alpha value is -3.03. The molecule has 2 aromatic heterocycles. The molecule has 0 atom stereocenters. The molecule has 0 amide bonds. The number of carbonyl (C=O) groups is 1. The number of nitrogens with zero attached hydrogens (tertiary/aromatic N) is 3. The molecule has 2 rings (SSSR count). The Labute approximate surface area is 120 Å². The zero-order valence-electron chi connectivity index (χ0n) is 11.4. The number of aryl methyl sites for hydroxylation is 1. The lowest BCUT2D eigenvalue weighted by molar-refractivity contribution is -0.384. The lowest BCUT2D eigenvalue weighted by Gasteiger charge is -2.09. The highest BCUT2D eigenvalue weighted by Crippen LogP contribution is 2.27. The van der Waals surface area contributed by atoms with Crippen LogP contribution in [-0.2, 0) is 4.74 Å². The number of anilines is 2. The Balaban J connectivity index is 2.46. The first-order valence-corrected chi connectivity index (χ1v) is 5.94. The molecule has 0 aliphatic rings. The Bertz CT molecular complexity index is 702. The molecule has 8 nitrogen and oxygen atoms in total. The molecule has 0 fully saturated rings. The van der Waals surface area contributed by atoms with Crippen LogP contribution in [0.3, 0.4) is 0 Å². The van der Waals surface area contributed by atoms with Crippen molar-refractivity contribution in [1.82, 2.24) is 9.97 Å². The summed E-state index contributed by atoms with van der Waals surface area (Å²) < 4.78 is 4.55. The first-order chi connectivity index (χ1) is 10.0. The van der Waals surface area contributed by atoms with Crippen molar-refractivity contribution in [3.05, 3.63) is 52.0 Å². The molecule has 2 heterocycles. The van der Waals surface area contributed by atoms with Crippen LogP contribution in [0, 0.1) is 17.0 Å². The van der Waals surface area contributed by atoms with Gasteiger partial charge < -0.3 is 10.1 Å². The lowest BCUT2D eigenvalue weighted by Crippen LogP contribution is -2.08. The monoisotopic (exact) mass is 288 g/mol. The van der Waals surface area contributed by atoms with Crippen molar-refractivity contribution >= 4 is 23.2 Å². The van der Waals surface area contributed by atoms with Gasteiger partial charge in [-0.05, 0) is 24.6 Å². The highest BCUT2D eigenvalue weighted by molar-refractivity contribution is 5.88. The highest BCUT2D eigenvalue weighted by atomic mass is 16.6. The zero-order chi connectivity index (χ0) is 15.4. The number of hydrogen-bond donors (Lipinski definition) is 1. The van der Waals surface area contributed by atoms with Crippen molar-refractivity contribution in [1.29, 1.82) is 0 Å². The standard InChI is InChI=1S/C13H12N4O4/c1-8-5-6-14-7-10(8)16-12-11(17(19)20)4-3-9(15-12)13(18)21-2/h3-7H,1-2H3,(H,15,16). The summed E-state index contributed by atoms with van der Waals surface area (Å²) in [5.41, 5.74) is 1.14. The molecule has 0 saturated heterocycles. The van der Waals surface area contributed by atoms with Gasteiger partial charge in [0.2, 0.25) is 5.82 Å². The molecule has 8 heteroatoms. The number of hydrogen-bond acceptors (Lipinski definition) is 7. The van der Waals surface area contributed by atoms with Crippen LogP contribution in [0.2, 0.25) is 0 Å². The van der Waals surface area contributed by atoms with Crippen molar-refractivity contribution in [3.8, 4) is 0 Å². The average molecular weight is 288 g/mol. The van der Waals surface area contributed by atoms with Gasteiger partial charge in [-0.15, -0.1) is 0 Å². The van der Waals surface area contributed by atoms with Crippen LogP contribution in [0.4, 0.5) is 17.2 Å². The van der Waals surface area contributed by atoms with Gasteiger partial charge in [-0.1, -0.05) is 0 Å². The highest BCUT2D eigenvalue weighted by Gasteiger charge is 2.19. The van der Waals surface area contributed by atoms with E-state index in [0.29, 0.717) is 5.69 Å². The van der Waals surface area contributed by atoms with Crippen molar-refractivity contribution in [3.63, 3.8) is 0 Å². The van der Waals surface area contributed by atoms with Crippen LogP contribution in [0.1, 0.15) is 16.1 Å². The van der Waals surface area contributed by atoms with Crippen LogP contribution in [0.15, 0.2) is 30.6 Å². The fourth-order valence-corrected chi connectivity index (χ4v) is 1.63. The Kier molecular flexibility index (Phi) is 4.07. The SMILES string of the molecule is COC(=O)c1ccc([N+](=O)[O-])c(Nc2cnccc2C)n1. The van der Waals surface area contributed by atoms with Gasteiger partial charge in [0.15, 0.2) is 5.69 Å². The van der Waals surface area contributed by atoms with Gasteiger partial charge in [0.25, 0.3) is 0 Å². The molecule has 0 aromatic carbocycles. The summed E-state index contributed by atoms with van der Waals surface area (Å²) >= 11 is 0. The molecule has 1 N–H and O–H groups in total. The molecule has 21 heavy (non-hydrogen) atoms. The van der Waals surface area contributed by atoms with Crippen LogP contribution in [0.25, 0.3) is 0 Å². The summed E-state index contributed by atoms with van der Waals surface area (Å²) in [5.74, 6) is -0.713. The summed E-state index contributed by atoms with van der Waals surface area (Å²) in [5, 5.41) is 13.9. The predicted octanol–water partition coefficient (Wildman–Crippen LogP) is 2.22. The van der Waals surface area contributed by atoms with Crippen molar-refractivity contribution in [2.45, 2.75) is 6.92 Å². The number of esters is 1. The Morgan fingerprint density at radius 1 is 1.38 bits per heavy atom. The lowest BCUT2D eigenvalue weighted by atomic mass is 10.2. The van der Waals surface area contributed by atoms with Crippen LogP contribution in [-0.4, -0.2) is 28.0 Å². The number of nitrogens with one attached hydrogen (secondary N) is 1. The first kappa shape index (κ1) is 14.4. The second-order valence-corrected chi connectivity index (χ2v) is 4.13. The fourth-order valence-electron chi connectivity index (χ4n) is 1.63. The summed E-state index contributed by atoms with van der Waals surface area (Å²) in [7, 11) is 1.21. The number of nitro groups is 1. The number of ether oxygens (including phenoxy) is 1. The first-order valence-electron chi connectivity index (χ1n) is 5.94. The van der Waals surface area contributed by atoms with Crippen LogP contribution >= 0.6 is 0 Å². The molecule has 0 aliphatic carbocycles. The molecule has 0 aliphatic heterocycles. The maximum atomic E-state index is 11.5. The number of carbonyl (C=O) groups excluding carboxylic acids is 1. The minimum Gasteiger partial charge on any atom is -0.464 e. The number of pyridine rings is 2. The topological polar surface area (TPSA) is 107 Å². The van der Waals surface area contributed by atoms with E-state index in [1.165, 1.54) is 25.4 Å². The predicted molar refractivity (Wildman–Crippen MR) is 74.5 cm³/mol. The van der Waals surface area contributed by atoms with Gasteiger partial charge in [-0.25, -0.2) is 9.78 Å². The average Bonchev–Trinajstić information content (AvgIpc) is 2.48. The van der Waals surface area contributed by atoms with Gasteiger partial charge in [0.1, 0.15) is 0 Å². The van der Waals surface area contributed by atoms with Gasteiger partial charge in [0, 0.05) is 12.3 Å². The van der Waals surface area contributed by atoms with Gasteiger partial charge in [0.05, 0.1) is 23.9 Å². The van der Waals surface area contributed by atoms with E-state index >= 15 is 0 Å². The van der Waals surface area contributed by atoms with E-state index in [1.54, 1.807) is 12.3 Å². The maximum absolute atomic E-state index is 11.5. The minimum absolute atomic E-state index is 0.0212. The summed E-state index contributed by atoms with van der Waals surface area (Å²) in [6.45, 7) is 1.82. The van der Waals surface area contributed by atoms with Gasteiger partial charge in [-0.3, -0.25) is 15.1 Å². The van der Waals surface area contributed by atoms with E-state index in [2.05, 4.69) is 20.0 Å². The van der Waals surface area contributed by atoms with E-state index in [0.717, 1.165) is 5.56 Å². The molecule has 0 bridgehead atoms. The molecule has 0 radical (unpaired) electrons. The molecule has 0 spiro atoms.